The molecule has 0 saturated carbocycles. The molecule has 2 saturated heterocycles. The van der Waals surface area contributed by atoms with Gasteiger partial charge in [-0.05, 0) is 101 Å². The highest BCUT2D eigenvalue weighted by Gasteiger charge is 2.38. The number of benzene rings is 1. The van der Waals surface area contributed by atoms with Crippen molar-refractivity contribution in [2.24, 2.45) is 11.8 Å². The van der Waals surface area contributed by atoms with Gasteiger partial charge in [-0.3, -0.25) is 9.88 Å². The molecule has 3 aromatic rings. The number of rotatable bonds is 5. The third kappa shape index (κ3) is 4.18. The van der Waals surface area contributed by atoms with Crippen molar-refractivity contribution in [3.63, 3.8) is 0 Å². The van der Waals surface area contributed by atoms with Crippen molar-refractivity contribution in [2.45, 2.75) is 77.5 Å². The molecule has 5 heteroatoms. The maximum atomic E-state index is 5.21. The fourth-order valence-electron chi connectivity index (χ4n) is 6.90. The summed E-state index contributed by atoms with van der Waals surface area (Å²) in [4.78, 5) is 15.5. The standard InChI is InChI=1S/C29H39N5/c1-21(2)32-16-6-8-22(18-32)19-34-26-12-4-3-11-25(26)31-27(34)20-33-17-7-10-24-14-13-23-9-5-15-30-28(23)29(24)33/h3-5,9,11-12,15,21-22,24,29H,6-8,10,13-14,16-20H2,1-2H3/t22-,24-,29?/m0/s1. The van der Waals surface area contributed by atoms with Gasteiger partial charge in [0.2, 0.25) is 0 Å². The van der Waals surface area contributed by atoms with E-state index in [1.54, 1.807) is 0 Å². The summed E-state index contributed by atoms with van der Waals surface area (Å²) in [5.74, 6) is 2.66. The molecule has 5 nitrogen and oxygen atoms in total. The Kier molecular flexibility index (Phi) is 6.17. The number of hydrogen-bond donors (Lipinski definition) is 0. The summed E-state index contributed by atoms with van der Waals surface area (Å²) in [5.41, 5.74) is 5.24. The molecule has 0 spiro atoms. The van der Waals surface area contributed by atoms with Gasteiger partial charge in [-0.2, -0.15) is 0 Å². The van der Waals surface area contributed by atoms with E-state index in [-0.39, 0.29) is 0 Å². The molecule has 2 aliphatic heterocycles. The molecular formula is C29H39N5. The molecule has 2 aromatic heterocycles. The lowest BCUT2D eigenvalue weighted by molar-refractivity contribution is 0.0656. The summed E-state index contributed by atoms with van der Waals surface area (Å²) < 4.78 is 2.57. The Morgan fingerprint density at radius 1 is 1.00 bits per heavy atom. The Hall–Kier alpha value is -2.24. The van der Waals surface area contributed by atoms with E-state index in [1.807, 2.05) is 6.20 Å². The zero-order valence-electron chi connectivity index (χ0n) is 20.9. The minimum absolute atomic E-state index is 0.443. The highest BCUT2D eigenvalue weighted by atomic mass is 15.2. The van der Waals surface area contributed by atoms with Crippen LogP contribution in [-0.4, -0.2) is 50.0 Å². The summed E-state index contributed by atoms with van der Waals surface area (Å²) in [6.07, 6.45) is 9.72. The lowest BCUT2D eigenvalue weighted by Gasteiger charge is -2.44. The third-order valence-electron chi connectivity index (χ3n) is 8.65. The molecule has 2 fully saturated rings. The number of likely N-dealkylation sites (tertiary alicyclic amines) is 2. The Morgan fingerprint density at radius 2 is 1.88 bits per heavy atom. The number of hydrogen-bond acceptors (Lipinski definition) is 4. The first-order valence-corrected chi connectivity index (χ1v) is 13.5. The van der Waals surface area contributed by atoms with Crippen molar-refractivity contribution < 1.29 is 0 Å². The van der Waals surface area contributed by atoms with Crippen molar-refractivity contribution in [1.82, 2.24) is 24.3 Å². The van der Waals surface area contributed by atoms with Crippen LogP contribution >= 0.6 is 0 Å². The van der Waals surface area contributed by atoms with Crippen LogP contribution in [0.5, 0.6) is 0 Å². The average Bonchev–Trinajstić information content (AvgIpc) is 3.21. The first-order valence-electron chi connectivity index (χ1n) is 13.5. The quantitative estimate of drug-likeness (QED) is 0.510. The summed E-state index contributed by atoms with van der Waals surface area (Å²) in [5, 5.41) is 0. The Balaban J connectivity index is 1.31. The summed E-state index contributed by atoms with van der Waals surface area (Å²) in [6.45, 7) is 10.3. The van der Waals surface area contributed by atoms with E-state index in [0.717, 1.165) is 31.1 Å². The predicted octanol–water partition coefficient (Wildman–Crippen LogP) is 5.45. The first-order chi connectivity index (χ1) is 16.7. The van der Waals surface area contributed by atoms with Crippen LogP contribution in [0, 0.1) is 11.8 Å². The normalized spacial score (nSPS) is 26.0. The van der Waals surface area contributed by atoms with Gasteiger partial charge in [0, 0.05) is 25.3 Å². The molecule has 180 valence electrons. The van der Waals surface area contributed by atoms with E-state index in [1.165, 1.54) is 74.2 Å². The van der Waals surface area contributed by atoms with Gasteiger partial charge in [0.05, 0.1) is 29.3 Å². The lowest BCUT2D eigenvalue weighted by Crippen LogP contribution is -2.42. The minimum atomic E-state index is 0.443. The minimum Gasteiger partial charge on any atom is -0.327 e. The molecule has 1 aliphatic carbocycles. The molecule has 6 rings (SSSR count). The van der Waals surface area contributed by atoms with Crippen molar-refractivity contribution in [3.05, 3.63) is 59.7 Å². The molecular weight excluding hydrogens is 418 g/mol. The van der Waals surface area contributed by atoms with Gasteiger partial charge in [0.25, 0.3) is 0 Å². The number of fused-ring (bicyclic) bond motifs is 4. The second kappa shape index (κ2) is 9.43. The molecule has 4 heterocycles. The van der Waals surface area contributed by atoms with Crippen LogP contribution in [-0.2, 0) is 19.5 Å². The van der Waals surface area contributed by atoms with Crippen molar-refractivity contribution in [1.29, 1.82) is 0 Å². The zero-order valence-corrected chi connectivity index (χ0v) is 20.9. The van der Waals surface area contributed by atoms with Crippen molar-refractivity contribution in [2.75, 3.05) is 19.6 Å². The molecule has 1 unspecified atom stereocenters. The lowest BCUT2D eigenvalue weighted by atomic mass is 9.77. The number of piperidine rings is 2. The van der Waals surface area contributed by atoms with Gasteiger partial charge in [0.15, 0.2) is 0 Å². The number of para-hydroxylation sites is 2. The summed E-state index contributed by atoms with van der Waals surface area (Å²) in [6, 6.07) is 14.2. The molecule has 0 bridgehead atoms. The van der Waals surface area contributed by atoms with E-state index in [2.05, 4.69) is 64.6 Å². The van der Waals surface area contributed by atoms with E-state index < -0.39 is 0 Å². The van der Waals surface area contributed by atoms with Crippen molar-refractivity contribution in [3.8, 4) is 0 Å². The predicted molar refractivity (Wildman–Crippen MR) is 138 cm³/mol. The fourth-order valence-corrected chi connectivity index (χ4v) is 6.90. The highest BCUT2D eigenvalue weighted by Crippen LogP contribution is 2.43. The monoisotopic (exact) mass is 457 g/mol. The van der Waals surface area contributed by atoms with Gasteiger partial charge in [0.1, 0.15) is 5.82 Å². The average molecular weight is 458 g/mol. The van der Waals surface area contributed by atoms with E-state index >= 15 is 0 Å². The van der Waals surface area contributed by atoms with E-state index in [9.17, 15) is 0 Å². The number of imidazole rings is 1. The van der Waals surface area contributed by atoms with Gasteiger partial charge in [-0.25, -0.2) is 4.98 Å². The molecule has 0 radical (unpaired) electrons. The van der Waals surface area contributed by atoms with Gasteiger partial charge in [-0.15, -0.1) is 0 Å². The molecule has 0 N–H and O–H groups in total. The van der Waals surface area contributed by atoms with Crippen LogP contribution in [0.15, 0.2) is 42.6 Å². The molecule has 3 aliphatic rings. The summed E-state index contributed by atoms with van der Waals surface area (Å²) in [7, 11) is 0. The molecule has 0 amide bonds. The number of aryl methyl sites for hydroxylation is 1. The van der Waals surface area contributed by atoms with Crippen LogP contribution < -0.4 is 0 Å². The van der Waals surface area contributed by atoms with Crippen LogP contribution in [0.25, 0.3) is 11.0 Å². The van der Waals surface area contributed by atoms with Crippen molar-refractivity contribution >= 4 is 11.0 Å². The van der Waals surface area contributed by atoms with Crippen LogP contribution in [0.4, 0.5) is 0 Å². The van der Waals surface area contributed by atoms with Crippen LogP contribution in [0.2, 0.25) is 0 Å². The van der Waals surface area contributed by atoms with Gasteiger partial charge in [-0.1, -0.05) is 18.2 Å². The smallest absolute Gasteiger partial charge is 0.124 e. The third-order valence-corrected chi connectivity index (χ3v) is 8.65. The zero-order chi connectivity index (χ0) is 23.1. The molecule has 3 atom stereocenters. The SMILES string of the molecule is CC(C)N1CCC[C@H](Cn2c(CN3CCC[C@H]4CCc5cccnc5C43)nc3ccccc32)C1. The van der Waals surface area contributed by atoms with E-state index in [4.69, 9.17) is 9.97 Å². The fraction of sp³-hybridized carbons (Fsp3) is 0.586. The first kappa shape index (κ1) is 22.2. The molecule has 34 heavy (non-hydrogen) atoms. The largest absolute Gasteiger partial charge is 0.327 e. The Bertz CT molecular complexity index is 1130. The molecule has 1 aromatic carbocycles. The highest BCUT2D eigenvalue weighted by molar-refractivity contribution is 5.75. The van der Waals surface area contributed by atoms with E-state index in [0.29, 0.717) is 18.0 Å². The number of pyridine rings is 1. The second-order valence-electron chi connectivity index (χ2n) is 11.1. The second-order valence-corrected chi connectivity index (χ2v) is 11.1. The summed E-state index contributed by atoms with van der Waals surface area (Å²) >= 11 is 0. The van der Waals surface area contributed by atoms with Gasteiger partial charge >= 0.3 is 0 Å². The van der Waals surface area contributed by atoms with Crippen LogP contribution in [0.3, 0.4) is 0 Å². The maximum absolute atomic E-state index is 5.21. The maximum Gasteiger partial charge on any atom is 0.124 e. The number of aromatic nitrogens is 3. The Morgan fingerprint density at radius 3 is 2.79 bits per heavy atom. The number of nitrogens with zero attached hydrogens (tertiary/aromatic N) is 5. The Labute approximate surface area is 204 Å². The van der Waals surface area contributed by atoms with Crippen LogP contribution in [0.1, 0.15) is 69.1 Å². The van der Waals surface area contributed by atoms with Gasteiger partial charge < -0.3 is 9.47 Å². The topological polar surface area (TPSA) is 37.2 Å².